The molecule has 3 N–H and O–H groups in total. The number of carbonyl (C=O) groups excluding carboxylic acids is 1. The first-order chi connectivity index (χ1) is 9.96. The first-order valence-electron chi connectivity index (χ1n) is 6.81. The topological polar surface area (TPSA) is 94.4 Å². The molecule has 1 aromatic rings. The van der Waals surface area contributed by atoms with Gasteiger partial charge in [-0.05, 0) is 25.8 Å². The van der Waals surface area contributed by atoms with Crippen molar-refractivity contribution in [3.05, 3.63) is 16.0 Å². The first-order valence-corrected chi connectivity index (χ1v) is 7.63. The number of anilines is 1. The Labute approximate surface area is 127 Å². The van der Waals surface area contributed by atoms with Gasteiger partial charge < -0.3 is 15.2 Å². The maximum absolute atomic E-state index is 11.8. The maximum atomic E-state index is 11.8. The second kappa shape index (κ2) is 6.43. The van der Waals surface area contributed by atoms with E-state index in [2.05, 4.69) is 16.7 Å². The number of aliphatic hydroxyl groups is 1. The Morgan fingerprint density at radius 1 is 1.57 bits per heavy atom. The predicted octanol–water partition coefficient (Wildman–Crippen LogP) is 1.97. The molecule has 0 radical (unpaired) electrons. The molecule has 0 spiro atoms. The van der Waals surface area contributed by atoms with Crippen molar-refractivity contribution in [2.24, 2.45) is 0 Å². The summed E-state index contributed by atoms with van der Waals surface area (Å²) in [6.45, 7) is 4.87. The number of aliphatic hydroxyl groups excluding tert-OH is 1. The van der Waals surface area contributed by atoms with Gasteiger partial charge in [0.15, 0.2) is 0 Å². The molecule has 0 fully saturated rings. The molecule has 21 heavy (non-hydrogen) atoms. The van der Waals surface area contributed by atoms with Gasteiger partial charge in [0.1, 0.15) is 11.1 Å². The third kappa shape index (κ3) is 3.73. The van der Waals surface area contributed by atoms with Crippen LogP contribution in [-0.4, -0.2) is 29.9 Å². The molecule has 6 nitrogen and oxygen atoms in total. The third-order valence-electron chi connectivity index (χ3n) is 3.25. The molecule has 2 rings (SSSR count). The van der Waals surface area contributed by atoms with Crippen LogP contribution in [0.3, 0.4) is 0 Å². The molecule has 0 aliphatic carbocycles. The maximum Gasteiger partial charge on any atom is 0.319 e. The number of hydrogen-bond acceptors (Lipinski definition) is 5. The van der Waals surface area contributed by atoms with Gasteiger partial charge in [0.05, 0.1) is 17.8 Å². The molecule has 0 bridgehead atoms. The van der Waals surface area contributed by atoms with Crippen molar-refractivity contribution in [1.82, 2.24) is 5.32 Å². The second-order valence-electron chi connectivity index (χ2n) is 5.50. The standard InChI is InChI=1S/C14H19N3O3S/c1-14(2)6-9-10(7-15)12(21-11(9)8-20-14)17-13(19)16-4-3-5-18/h18H,3-6,8H2,1-2H3,(H2,16,17,19). The highest BCUT2D eigenvalue weighted by molar-refractivity contribution is 7.16. The summed E-state index contributed by atoms with van der Waals surface area (Å²) in [7, 11) is 0. The quantitative estimate of drug-likeness (QED) is 0.741. The Kier molecular flexibility index (Phi) is 4.83. The van der Waals surface area contributed by atoms with E-state index in [0.29, 0.717) is 36.6 Å². The lowest BCUT2D eigenvalue weighted by Gasteiger charge is -2.29. The molecule has 7 heteroatoms. The Morgan fingerprint density at radius 2 is 2.33 bits per heavy atom. The van der Waals surface area contributed by atoms with E-state index >= 15 is 0 Å². The third-order valence-corrected chi connectivity index (χ3v) is 4.37. The number of ether oxygens (including phenoxy) is 1. The lowest BCUT2D eigenvalue weighted by molar-refractivity contribution is -0.0383. The van der Waals surface area contributed by atoms with Crippen LogP contribution in [0.2, 0.25) is 0 Å². The Hall–Kier alpha value is -1.62. The summed E-state index contributed by atoms with van der Waals surface area (Å²) in [4.78, 5) is 12.8. The van der Waals surface area contributed by atoms with Gasteiger partial charge in [0.2, 0.25) is 0 Å². The minimum absolute atomic E-state index is 0.0312. The van der Waals surface area contributed by atoms with Crippen LogP contribution in [0.5, 0.6) is 0 Å². The summed E-state index contributed by atoms with van der Waals surface area (Å²) in [5.74, 6) is 0. The van der Waals surface area contributed by atoms with Gasteiger partial charge in [0, 0.05) is 24.4 Å². The van der Waals surface area contributed by atoms with E-state index in [0.717, 1.165) is 10.4 Å². The molecular weight excluding hydrogens is 290 g/mol. The molecule has 2 amide bonds. The number of nitrogens with zero attached hydrogens (tertiary/aromatic N) is 1. The number of rotatable bonds is 4. The molecule has 1 aliphatic heterocycles. The van der Waals surface area contributed by atoms with Gasteiger partial charge in [-0.15, -0.1) is 11.3 Å². The smallest absolute Gasteiger partial charge is 0.319 e. The van der Waals surface area contributed by atoms with Crippen molar-refractivity contribution >= 4 is 22.4 Å². The highest BCUT2D eigenvalue weighted by Crippen LogP contribution is 2.39. The zero-order valence-electron chi connectivity index (χ0n) is 12.2. The van der Waals surface area contributed by atoms with Crippen molar-refractivity contribution in [2.75, 3.05) is 18.5 Å². The van der Waals surface area contributed by atoms with E-state index < -0.39 is 0 Å². The van der Waals surface area contributed by atoms with Crippen LogP contribution in [0, 0.1) is 11.3 Å². The minimum Gasteiger partial charge on any atom is -0.396 e. The molecule has 0 atom stereocenters. The molecule has 0 aromatic carbocycles. The van der Waals surface area contributed by atoms with E-state index in [-0.39, 0.29) is 18.2 Å². The fourth-order valence-corrected chi connectivity index (χ4v) is 3.26. The number of carbonyl (C=O) groups is 1. The largest absolute Gasteiger partial charge is 0.396 e. The monoisotopic (exact) mass is 309 g/mol. The number of nitrogens with one attached hydrogen (secondary N) is 2. The number of nitriles is 1. The summed E-state index contributed by atoms with van der Waals surface area (Å²) in [5.41, 5.74) is 1.22. The van der Waals surface area contributed by atoms with Crippen LogP contribution in [0.15, 0.2) is 0 Å². The average molecular weight is 309 g/mol. The number of amides is 2. The summed E-state index contributed by atoms with van der Waals surface area (Å²) in [6.07, 6.45) is 1.16. The Morgan fingerprint density at radius 3 is 3.00 bits per heavy atom. The number of thiophene rings is 1. The molecule has 2 heterocycles. The lowest BCUT2D eigenvalue weighted by atomic mass is 9.93. The number of fused-ring (bicyclic) bond motifs is 1. The predicted molar refractivity (Wildman–Crippen MR) is 80.3 cm³/mol. The van der Waals surface area contributed by atoms with E-state index in [4.69, 9.17) is 9.84 Å². The van der Waals surface area contributed by atoms with Gasteiger partial charge in [-0.25, -0.2) is 4.79 Å². The minimum atomic E-state index is -0.362. The Bertz CT molecular complexity index is 575. The molecule has 0 unspecified atom stereocenters. The number of hydrogen-bond donors (Lipinski definition) is 3. The molecule has 1 aromatic heterocycles. The van der Waals surface area contributed by atoms with Crippen molar-refractivity contribution in [3.63, 3.8) is 0 Å². The SMILES string of the molecule is CC1(C)Cc2c(sc(NC(=O)NCCCO)c2C#N)CO1. The van der Waals surface area contributed by atoms with Crippen molar-refractivity contribution in [2.45, 2.75) is 38.9 Å². The fourth-order valence-electron chi connectivity index (χ4n) is 2.19. The van der Waals surface area contributed by atoms with Gasteiger partial charge in [-0.2, -0.15) is 5.26 Å². The van der Waals surface area contributed by atoms with Gasteiger partial charge in [-0.1, -0.05) is 0 Å². The van der Waals surface area contributed by atoms with Gasteiger partial charge in [0.25, 0.3) is 0 Å². The van der Waals surface area contributed by atoms with E-state index in [9.17, 15) is 10.1 Å². The van der Waals surface area contributed by atoms with Crippen LogP contribution in [0.1, 0.15) is 36.3 Å². The molecule has 1 aliphatic rings. The molecule has 0 saturated heterocycles. The Balaban J connectivity index is 2.13. The van der Waals surface area contributed by atoms with E-state index in [1.54, 1.807) is 0 Å². The van der Waals surface area contributed by atoms with E-state index in [1.165, 1.54) is 11.3 Å². The average Bonchev–Trinajstić information content (AvgIpc) is 2.74. The molecule has 114 valence electrons. The van der Waals surface area contributed by atoms with Crippen LogP contribution in [0.4, 0.5) is 9.80 Å². The summed E-state index contributed by atoms with van der Waals surface area (Å²) in [6, 6.07) is 1.82. The zero-order chi connectivity index (χ0) is 15.5. The highest BCUT2D eigenvalue weighted by Gasteiger charge is 2.31. The first kappa shape index (κ1) is 15.8. The molecular formula is C14H19N3O3S. The van der Waals surface area contributed by atoms with Crippen LogP contribution in [0.25, 0.3) is 0 Å². The number of urea groups is 1. The van der Waals surface area contributed by atoms with Crippen LogP contribution < -0.4 is 10.6 Å². The van der Waals surface area contributed by atoms with Crippen molar-refractivity contribution < 1.29 is 14.6 Å². The van der Waals surface area contributed by atoms with Crippen LogP contribution >= 0.6 is 11.3 Å². The van der Waals surface area contributed by atoms with Crippen molar-refractivity contribution in [3.8, 4) is 6.07 Å². The summed E-state index contributed by atoms with van der Waals surface area (Å²) in [5, 5.41) is 24.0. The lowest BCUT2D eigenvalue weighted by Crippen LogP contribution is -2.31. The van der Waals surface area contributed by atoms with Gasteiger partial charge in [-0.3, -0.25) is 5.32 Å². The second-order valence-corrected chi connectivity index (χ2v) is 6.61. The fraction of sp³-hybridized carbons (Fsp3) is 0.571. The highest BCUT2D eigenvalue weighted by atomic mass is 32.1. The van der Waals surface area contributed by atoms with Gasteiger partial charge >= 0.3 is 6.03 Å². The normalized spacial score (nSPS) is 15.9. The van der Waals surface area contributed by atoms with Crippen LogP contribution in [-0.2, 0) is 17.8 Å². The summed E-state index contributed by atoms with van der Waals surface area (Å²) >= 11 is 1.39. The molecule has 0 saturated carbocycles. The van der Waals surface area contributed by atoms with Crippen molar-refractivity contribution in [1.29, 1.82) is 5.26 Å². The zero-order valence-corrected chi connectivity index (χ0v) is 13.0. The van der Waals surface area contributed by atoms with E-state index in [1.807, 2.05) is 13.8 Å². The summed E-state index contributed by atoms with van der Waals surface area (Å²) < 4.78 is 5.73.